The first-order valence-corrected chi connectivity index (χ1v) is 8.61. The fourth-order valence-electron chi connectivity index (χ4n) is 3.39. The number of methoxy groups -OCH3 is 1. The minimum atomic E-state index is -0.159. The third kappa shape index (κ3) is 4.16. The molecule has 0 spiro atoms. The predicted molar refractivity (Wildman–Crippen MR) is 92.8 cm³/mol. The molecule has 0 saturated heterocycles. The minimum Gasteiger partial charge on any atom is -0.497 e. The Morgan fingerprint density at radius 3 is 2.71 bits per heavy atom. The van der Waals surface area contributed by atoms with Crippen molar-refractivity contribution in [3.63, 3.8) is 0 Å². The van der Waals surface area contributed by atoms with Crippen LogP contribution in [0, 0.1) is 5.92 Å². The molecule has 1 N–H and O–H groups in total. The number of hydrogen-bond donors (Lipinski definition) is 1. The normalized spacial score (nSPS) is 21.2. The molecule has 130 valence electrons. The summed E-state index contributed by atoms with van der Waals surface area (Å²) in [6, 6.07) is 7.68. The molecule has 24 heavy (non-hydrogen) atoms. The zero-order valence-electron chi connectivity index (χ0n) is 14.4. The van der Waals surface area contributed by atoms with E-state index in [4.69, 9.17) is 9.15 Å². The standard InChI is InChI=1S/C19H26N2O3/c1-21(11-15-5-3-4-6-18(15)22)12-16-13-24-19(20-16)14-7-9-17(23-2)10-8-14/h7-10,13,15,18,22H,3-6,11-12H2,1-2H3. The van der Waals surface area contributed by atoms with Gasteiger partial charge in [-0.15, -0.1) is 0 Å². The second-order valence-electron chi connectivity index (χ2n) is 6.68. The molecule has 1 fully saturated rings. The molecule has 5 heteroatoms. The van der Waals surface area contributed by atoms with Crippen molar-refractivity contribution in [2.75, 3.05) is 20.7 Å². The van der Waals surface area contributed by atoms with Gasteiger partial charge in [0.05, 0.1) is 18.9 Å². The molecule has 2 unspecified atom stereocenters. The van der Waals surface area contributed by atoms with Crippen LogP contribution in [0.3, 0.4) is 0 Å². The highest BCUT2D eigenvalue weighted by molar-refractivity contribution is 5.54. The minimum absolute atomic E-state index is 0.159. The van der Waals surface area contributed by atoms with Crippen molar-refractivity contribution in [1.29, 1.82) is 0 Å². The molecule has 1 aromatic carbocycles. The fourth-order valence-corrected chi connectivity index (χ4v) is 3.39. The number of ether oxygens (including phenoxy) is 1. The van der Waals surface area contributed by atoms with E-state index >= 15 is 0 Å². The Hall–Kier alpha value is -1.85. The predicted octanol–water partition coefficient (Wildman–Crippen LogP) is 3.33. The highest BCUT2D eigenvalue weighted by atomic mass is 16.5. The molecule has 2 aromatic rings. The van der Waals surface area contributed by atoms with Crippen molar-refractivity contribution in [2.24, 2.45) is 5.92 Å². The van der Waals surface area contributed by atoms with Crippen LogP contribution in [0.4, 0.5) is 0 Å². The molecular formula is C19H26N2O3. The summed E-state index contributed by atoms with van der Waals surface area (Å²) in [5.74, 6) is 1.81. The summed E-state index contributed by atoms with van der Waals surface area (Å²) in [6.07, 6.45) is 5.98. The van der Waals surface area contributed by atoms with Crippen LogP contribution in [0.5, 0.6) is 5.75 Å². The molecule has 0 bridgehead atoms. The summed E-state index contributed by atoms with van der Waals surface area (Å²) in [5, 5.41) is 10.1. The molecule has 5 nitrogen and oxygen atoms in total. The van der Waals surface area contributed by atoms with Crippen LogP contribution < -0.4 is 4.74 Å². The molecule has 1 aromatic heterocycles. The summed E-state index contributed by atoms with van der Waals surface area (Å²) in [7, 11) is 3.72. The average Bonchev–Trinajstić information content (AvgIpc) is 3.05. The zero-order valence-corrected chi connectivity index (χ0v) is 14.4. The van der Waals surface area contributed by atoms with E-state index in [0.29, 0.717) is 11.8 Å². The average molecular weight is 330 g/mol. The first kappa shape index (κ1) is 17.0. The van der Waals surface area contributed by atoms with Crippen molar-refractivity contribution < 1.29 is 14.3 Å². The number of nitrogens with zero attached hydrogens (tertiary/aromatic N) is 2. The van der Waals surface area contributed by atoms with Gasteiger partial charge < -0.3 is 19.2 Å². The van der Waals surface area contributed by atoms with Crippen LogP contribution in [-0.2, 0) is 6.54 Å². The molecule has 1 aliphatic rings. The molecule has 3 rings (SSSR count). The van der Waals surface area contributed by atoms with Gasteiger partial charge in [0.15, 0.2) is 0 Å². The van der Waals surface area contributed by atoms with Crippen LogP contribution in [-0.4, -0.2) is 41.8 Å². The van der Waals surface area contributed by atoms with Gasteiger partial charge in [-0.25, -0.2) is 4.98 Å². The topological polar surface area (TPSA) is 58.7 Å². The maximum Gasteiger partial charge on any atom is 0.226 e. The SMILES string of the molecule is COc1ccc(-c2nc(CN(C)CC3CCCCC3O)co2)cc1. The summed E-state index contributed by atoms with van der Waals surface area (Å²) >= 11 is 0. The molecule has 2 atom stereocenters. The van der Waals surface area contributed by atoms with E-state index in [1.807, 2.05) is 24.3 Å². The molecule has 1 saturated carbocycles. The summed E-state index contributed by atoms with van der Waals surface area (Å²) in [5.41, 5.74) is 1.85. The number of rotatable bonds is 6. The zero-order chi connectivity index (χ0) is 16.9. The van der Waals surface area contributed by atoms with E-state index in [1.165, 1.54) is 6.42 Å². The lowest BCUT2D eigenvalue weighted by molar-refractivity contribution is 0.0500. The third-order valence-electron chi connectivity index (χ3n) is 4.74. The monoisotopic (exact) mass is 330 g/mol. The number of aliphatic hydroxyl groups is 1. The molecular weight excluding hydrogens is 304 g/mol. The van der Waals surface area contributed by atoms with Crippen molar-refractivity contribution in [3.05, 3.63) is 36.2 Å². The van der Waals surface area contributed by atoms with Crippen molar-refractivity contribution >= 4 is 0 Å². The maximum absolute atomic E-state index is 10.1. The van der Waals surface area contributed by atoms with Gasteiger partial charge in [0.2, 0.25) is 5.89 Å². The number of oxazole rings is 1. The van der Waals surface area contributed by atoms with Crippen LogP contribution in [0.15, 0.2) is 34.9 Å². The lowest BCUT2D eigenvalue weighted by Crippen LogP contribution is -2.34. The van der Waals surface area contributed by atoms with Crippen LogP contribution in [0.1, 0.15) is 31.4 Å². The van der Waals surface area contributed by atoms with Gasteiger partial charge in [-0.05, 0) is 50.1 Å². The van der Waals surface area contributed by atoms with E-state index in [1.54, 1.807) is 13.4 Å². The Morgan fingerprint density at radius 2 is 2.00 bits per heavy atom. The van der Waals surface area contributed by atoms with Crippen LogP contribution >= 0.6 is 0 Å². The van der Waals surface area contributed by atoms with E-state index in [2.05, 4.69) is 16.9 Å². The lowest BCUT2D eigenvalue weighted by Gasteiger charge is -2.30. The van der Waals surface area contributed by atoms with Gasteiger partial charge in [-0.3, -0.25) is 0 Å². The van der Waals surface area contributed by atoms with Gasteiger partial charge in [0.1, 0.15) is 12.0 Å². The third-order valence-corrected chi connectivity index (χ3v) is 4.74. The molecule has 1 heterocycles. The van der Waals surface area contributed by atoms with Gasteiger partial charge in [0, 0.05) is 18.7 Å². The molecule has 0 radical (unpaired) electrons. The van der Waals surface area contributed by atoms with E-state index in [9.17, 15) is 5.11 Å². The fraction of sp³-hybridized carbons (Fsp3) is 0.526. The Bertz CT molecular complexity index is 638. The molecule has 1 aliphatic carbocycles. The van der Waals surface area contributed by atoms with Crippen molar-refractivity contribution in [1.82, 2.24) is 9.88 Å². The van der Waals surface area contributed by atoms with Gasteiger partial charge >= 0.3 is 0 Å². The largest absolute Gasteiger partial charge is 0.497 e. The first-order valence-electron chi connectivity index (χ1n) is 8.61. The van der Waals surface area contributed by atoms with E-state index < -0.39 is 0 Å². The van der Waals surface area contributed by atoms with Crippen LogP contribution in [0.25, 0.3) is 11.5 Å². The van der Waals surface area contributed by atoms with E-state index in [-0.39, 0.29) is 6.10 Å². The Balaban J connectivity index is 1.58. The highest BCUT2D eigenvalue weighted by Gasteiger charge is 2.24. The highest BCUT2D eigenvalue weighted by Crippen LogP contribution is 2.26. The summed E-state index contributed by atoms with van der Waals surface area (Å²) in [4.78, 5) is 6.79. The van der Waals surface area contributed by atoms with E-state index in [0.717, 1.165) is 49.4 Å². The maximum atomic E-state index is 10.1. The van der Waals surface area contributed by atoms with Crippen molar-refractivity contribution in [2.45, 2.75) is 38.3 Å². The summed E-state index contributed by atoms with van der Waals surface area (Å²) < 4.78 is 10.8. The number of hydrogen-bond acceptors (Lipinski definition) is 5. The Morgan fingerprint density at radius 1 is 1.25 bits per heavy atom. The van der Waals surface area contributed by atoms with Crippen LogP contribution in [0.2, 0.25) is 0 Å². The lowest BCUT2D eigenvalue weighted by atomic mass is 9.86. The molecule has 0 amide bonds. The van der Waals surface area contributed by atoms with Gasteiger partial charge in [-0.2, -0.15) is 0 Å². The van der Waals surface area contributed by atoms with Gasteiger partial charge in [-0.1, -0.05) is 12.8 Å². The Kier molecular flexibility index (Phi) is 5.53. The number of benzene rings is 1. The smallest absolute Gasteiger partial charge is 0.226 e. The number of aromatic nitrogens is 1. The quantitative estimate of drug-likeness (QED) is 0.880. The molecule has 0 aliphatic heterocycles. The first-order chi connectivity index (χ1) is 11.7. The Labute approximate surface area is 143 Å². The second kappa shape index (κ2) is 7.81. The second-order valence-corrected chi connectivity index (χ2v) is 6.68. The van der Waals surface area contributed by atoms with Gasteiger partial charge in [0.25, 0.3) is 0 Å². The number of aliphatic hydroxyl groups excluding tert-OH is 1. The van der Waals surface area contributed by atoms with Crippen molar-refractivity contribution in [3.8, 4) is 17.2 Å². The summed E-state index contributed by atoms with van der Waals surface area (Å²) in [6.45, 7) is 1.62.